The molecule has 0 saturated heterocycles. The van der Waals surface area contributed by atoms with Gasteiger partial charge in [0, 0.05) is 24.7 Å². The Hall–Kier alpha value is -0.800. The number of nitrogens with zero attached hydrogens (tertiary/aromatic N) is 1. The molecule has 108 valence electrons. The summed E-state index contributed by atoms with van der Waals surface area (Å²) in [5.74, 6) is 1.79. The van der Waals surface area contributed by atoms with Gasteiger partial charge in [0.15, 0.2) is 0 Å². The van der Waals surface area contributed by atoms with Crippen molar-refractivity contribution in [3.8, 4) is 0 Å². The molecule has 0 amide bonds. The quantitative estimate of drug-likeness (QED) is 0.886. The molecule has 1 aliphatic rings. The van der Waals surface area contributed by atoms with E-state index in [9.17, 15) is 0 Å². The second-order valence-electron chi connectivity index (χ2n) is 6.75. The Morgan fingerprint density at radius 3 is 2.79 bits per heavy atom. The maximum atomic E-state index is 5.37. The normalized spacial score (nSPS) is 26.2. The molecule has 1 aliphatic carbocycles. The van der Waals surface area contributed by atoms with Gasteiger partial charge in [-0.15, -0.1) is 0 Å². The predicted octanol–water partition coefficient (Wildman–Crippen LogP) is 3.04. The van der Waals surface area contributed by atoms with Gasteiger partial charge in [-0.05, 0) is 51.3 Å². The smallest absolute Gasteiger partial charge is 0.105 e. The Morgan fingerprint density at radius 2 is 2.21 bits per heavy atom. The molecule has 1 fully saturated rings. The summed E-state index contributed by atoms with van der Waals surface area (Å²) in [4.78, 5) is 2.42. The number of furan rings is 1. The third kappa shape index (κ3) is 3.21. The van der Waals surface area contributed by atoms with Gasteiger partial charge in [0.2, 0.25) is 0 Å². The average molecular weight is 264 g/mol. The zero-order valence-corrected chi connectivity index (χ0v) is 13.0. The molecule has 0 aliphatic heterocycles. The zero-order chi connectivity index (χ0) is 14.0. The van der Waals surface area contributed by atoms with Crippen molar-refractivity contribution in [2.45, 2.75) is 46.2 Å². The van der Waals surface area contributed by atoms with Gasteiger partial charge in [-0.3, -0.25) is 0 Å². The number of rotatable bonds is 5. The molecule has 2 rings (SSSR count). The zero-order valence-electron chi connectivity index (χ0n) is 13.0. The van der Waals surface area contributed by atoms with Crippen molar-refractivity contribution in [2.24, 2.45) is 11.3 Å². The summed E-state index contributed by atoms with van der Waals surface area (Å²) in [5, 5.41) is 3.53. The maximum Gasteiger partial charge on any atom is 0.105 e. The molecule has 0 aromatic carbocycles. The molecule has 2 atom stereocenters. The molecule has 0 spiro atoms. The van der Waals surface area contributed by atoms with Crippen molar-refractivity contribution in [3.05, 3.63) is 23.7 Å². The van der Waals surface area contributed by atoms with Gasteiger partial charge in [-0.2, -0.15) is 0 Å². The van der Waals surface area contributed by atoms with E-state index < -0.39 is 0 Å². The third-order valence-electron chi connectivity index (χ3n) is 4.74. The van der Waals surface area contributed by atoms with Crippen LogP contribution in [0.15, 0.2) is 16.7 Å². The van der Waals surface area contributed by atoms with Crippen LogP contribution in [0.1, 0.15) is 38.0 Å². The molecule has 3 nitrogen and oxygen atoms in total. The summed E-state index contributed by atoms with van der Waals surface area (Å²) in [6.07, 6.45) is 4.43. The summed E-state index contributed by atoms with van der Waals surface area (Å²) >= 11 is 0. The molecular weight excluding hydrogens is 236 g/mol. The fourth-order valence-electron chi connectivity index (χ4n) is 3.67. The van der Waals surface area contributed by atoms with Gasteiger partial charge in [-0.1, -0.05) is 13.8 Å². The summed E-state index contributed by atoms with van der Waals surface area (Å²) in [6, 6.07) is 2.71. The molecule has 1 aromatic rings. The van der Waals surface area contributed by atoms with E-state index in [0.29, 0.717) is 11.5 Å². The monoisotopic (exact) mass is 264 g/mol. The highest BCUT2D eigenvalue weighted by Gasteiger charge is 2.40. The van der Waals surface area contributed by atoms with Crippen molar-refractivity contribution >= 4 is 0 Å². The average Bonchev–Trinajstić information content (AvgIpc) is 2.84. The van der Waals surface area contributed by atoms with Crippen LogP contribution in [0.3, 0.4) is 0 Å². The number of hydrogen-bond acceptors (Lipinski definition) is 3. The lowest BCUT2D eigenvalue weighted by molar-refractivity contribution is 0.207. The van der Waals surface area contributed by atoms with E-state index in [0.717, 1.165) is 24.8 Å². The van der Waals surface area contributed by atoms with Gasteiger partial charge in [0.1, 0.15) is 5.76 Å². The molecule has 1 N–H and O–H groups in total. The first kappa shape index (κ1) is 14.6. The molecule has 1 saturated carbocycles. The first-order chi connectivity index (χ1) is 8.94. The Labute approximate surface area is 117 Å². The number of hydrogen-bond donors (Lipinski definition) is 1. The third-order valence-corrected chi connectivity index (χ3v) is 4.74. The lowest BCUT2D eigenvalue weighted by atomic mass is 9.85. The first-order valence-electron chi connectivity index (χ1n) is 7.33. The molecule has 0 radical (unpaired) electrons. The molecule has 0 bridgehead atoms. The van der Waals surface area contributed by atoms with Crippen LogP contribution in [0, 0.1) is 18.3 Å². The largest absolute Gasteiger partial charge is 0.469 e. The minimum Gasteiger partial charge on any atom is -0.469 e. The molecule has 3 heteroatoms. The van der Waals surface area contributed by atoms with E-state index in [1.54, 1.807) is 6.26 Å². The Balaban J connectivity index is 1.92. The Kier molecular flexibility index (Phi) is 4.36. The second kappa shape index (κ2) is 5.68. The van der Waals surface area contributed by atoms with Crippen LogP contribution >= 0.6 is 0 Å². The van der Waals surface area contributed by atoms with Gasteiger partial charge < -0.3 is 14.6 Å². The lowest BCUT2D eigenvalue weighted by Crippen LogP contribution is -2.43. The second-order valence-corrected chi connectivity index (χ2v) is 6.75. The van der Waals surface area contributed by atoms with Crippen molar-refractivity contribution < 1.29 is 4.42 Å². The van der Waals surface area contributed by atoms with Crippen LogP contribution in [0.25, 0.3) is 0 Å². The fraction of sp³-hybridized carbons (Fsp3) is 0.750. The van der Waals surface area contributed by atoms with E-state index in [1.165, 1.54) is 18.4 Å². The summed E-state index contributed by atoms with van der Waals surface area (Å²) in [7, 11) is 4.31. The molecule has 2 unspecified atom stereocenters. The first-order valence-corrected chi connectivity index (χ1v) is 7.33. The SMILES string of the molecule is CNC1C(CN(C)Cc2ccoc2C)CCC1(C)C. The van der Waals surface area contributed by atoms with Crippen LogP contribution in [0.4, 0.5) is 0 Å². The van der Waals surface area contributed by atoms with Crippen LogP contribution in [-0.4, -0.2) is 31.6 Å². The van der Waals surface area contributed by atoms with Crippen molar-refractivity contribution in [3.63, 3.8) is 0 Å². The Bertz CT molecular complexity index is 411. The standard InChI is InChI=1S/C16H28N2O/c1-12-13(7-9-19-12)10-18(5)11-14-6-8-16(2,3)15(14)17-4/h7,9,14-15,17H,6,8,10-11H2,1-5H3. The minimum absolute atomic E-state index is 0.422. The highest BCUT2D eigenvalue weighted by molar-refractivity contribution is 5.15. The summed E-state index contributed by atoms with van der Waals surface area (Å²) in [6.45, 7) is 8.94. The van der Waals surface area contributed by atoms with Crippen LogP contribution < -0.4 is 5.32 Å². The highest BCUT2D eigenvalue weighted by atomic mass is 16.3. The minimum atomic E-state index is 0.422. The van der Waals surface area contributed by atoms with Gasteiger partial charge in [0.25, 0.3) is 0 Å². The maximum absolute atomic E-state index is 5.37. The predicted molar refractivity (Wildman–Crippen MR) is 79.1 cm³/mol. The Morgan fingerprint density at radius 1 is 1.47 bits per heavy atom. The molecular formula is C16H28N2O. The molecule has 1 heterocycles. The van der Waals surface area contributed by atoms with Gasteiger partial charge in [-0.25, -0.2) is 0 Å². The van der Waals surface area contributed by atoms with Gasteiger partial charge in [0.05, 0.1) is 6.26 Å². The van der Waals surface area contributed by atoms with Crippen LogP contribution in [-0.2, 0) is 6.54 Å². The van der Waals surface area contributed by atoms with E-state index in [2.05, 4.69) is 44.2 Å². The van der Waals surface area contributed by atoms with Crippen LogP contribution in [0.5, 0.6) is 0 Å². The van der Waals surface area contributed by atoms with E-state index in [4.69, 9.17) is 4.42 Å². The summed E-state index contributed by atoms with van der Waals surface area (Å²) < 4.78 is 5.37. The van der Waals surface area contributed by atoms with Crippen LogP contribution in [0.2, 0.25) is 0 Å². The van der Waals surface area contributed by atoms with Crippen molar-refractivity contribution in [1.82, 2.24) is 10.2 Å². The number of aryl methyl sites for hydroxylation is 1. The summed E-state index contributed by atoms with van der Waals surface area (Å²) in [5.41, 5.74) is 1.73. The van der Waals surface area contributed by atoms with E-state index >= 15 is 0 Å². The van der Waals surface area contributed by atoms with E-state index in [-0.39, 0.29) is 0 Å². The van der Waals surface area contributed by atoms with Crippen molar-refractivity contribution in [1.29, 1.82) is 0 Å². The van der Waals surface area contributed by atoms with E-state index in [1.807, 2.05) is 6.92 Å². The van der Waals surface area contributed by atoms with Gasteiger partial charge >= 0.3 is 0 Å². The molecule has 1 aromatic heterocycles. The van der Waals surface area contributed by atoms with Crippen molar-refractivity contribution in [2.75, 3.05) is 20.6 Å². The topological polar surface area (TPSA) is 28.4 Å². The lowest BCUT2D eigenvalue weighted by Gasteiger charge is -2.32. The highest BCUT2D eigenvalue weighted by Crippen LogP contribution is 2.41. The molecule has 19 heavy (non-hydrogen) atoms. The fourth-order valence-corrected chi connectivity index (χ4v) is 3.67. The number of nitrogens with one attached hydrogen (secondary N) is 1.